The second-order valence-corrected chi connectivity index (χ2v) is 8.13. The van der Waals surface area contributed by atoms with E-state index in [4.69, 9.17) is 17.0 Å². The van der Waals surface area contributed by atoms with Gasteiger partial charge in [0.2, 0.25) is 0 Å². The van der Waals surface area contributed by atoms with Crippen LogP contribution in [0.4, 0.5) is 4.39 Å². The van der Waals surface area contributed by atoms with E-state index in [1.165, 1.54) is 31.4 Å². The van der Waals surface area contributed by atoms with Gasteiger partial charge in [-0.25, -0.2) is 4.39 Å². The van der Waals surface area contributed by atoms with Crippen molar-refractivity contribution in [3.05, 3.63) is 62.3 Å². The average Bonchev–Trinajstić information content (AvgIpc) is 2.62. The fourth-order valence-electron chi connectivity index (χ4n) is 2.84. The van der Waals surface area contributed by atoms with Crippen molar-refractivity contribution >= 4 is 49.1 Å². The van der Waals surface area contributed by atoms with Crippen molar-refractivity contribution in [2.45, 2.75) is 25.9 Å². The SMILES string of the molecule is Fc1ccc(COc2c(Br)cc(C(=S)N3CCCCC3)cc2Br)cc1. The first kappa shape index (κ1) is 18.8. The van der Waals surface area contributed by atoms with Crippen molar-refractivity contribution in [2.75, 3.05) is 13.1 Å². The lowest BCUT2D eigenvalue weighted by Gasteiger charge is -2.29. The molecule has 0 aromatic heterocycles. The van der Waals surface area contributed by atoms with Crippen molar-refractivity contribution in [2.24, 2.45) is 0 Å². The van der Waals surface area contributed by atoms with Crippen molar-refractivity contribution < 1.29 is 9.13 Å². The molecular weight excluding hydrogens is 469 g/mol. The van der Waals surface area contributed by atoms with E-state index in [-0.39, 0.29) is 5.82 Å². The molecule has 0 bridgehead atoms. The zero-order valence-corrected chi connectivity index (χ0v) is 17.6. The van der Waals surface area contributed by atoms with E-state index in [0.29, 0.717) is 6.61 Å². The van der Waals surface area contributed by atoms with Gasteiger partial charge < -0.3 is 9.64 Å². The Balaban J connectivity index is 1.73. The van der Waals surface area contributed by atoms with E-state index in [2.05, 4.69) is 36.8 Å². The predicted molar refractivity (Wildman–Crippen MR) is 110 cm³/mol. The Morgan fingerprint density at radius 2 is 1.64 bits per heavy atom. The fourth-order valence-corrected chi connectivity index (χ4v) is 4.55. The first-order valence-electron chi connectivity index (χ1n) is 8.20. The smallest absolute Gasteiger partial charge is 0.148 e. The highest BCUT2D eigenvalue weighted by Gasteiger charge is 2.18. The van der Waals surface area contributed by atoms with Crippen LogP contribution in [0.2, 0.25) is 0 Å². The van der Waals surface area contributed by atoms with E-state index in [1.54, 1.807) is 12.1 Å². The molecule has 0 spiro atoms. The molecule has 1 aliphatic heterocycles. The van der Waals surface area contributed by atoms with Crippen LogP contribution in [0.5, 0.6) is 5.75 Å². The normalized spacial score (nSPS) is 14.4. The molecule has 2 aromatic carbocycles. The van der Waals surface area contributed by atoms with Gasteiger partial charge in [0.1, 0.15) is 23.2 Å². The van der Waals surface area contributed by atoms with E-state index in [1.807, 2.05) is 12.1 Å². The first-order chi connectivity index (χ1) is 12.0. The molecule has 25 heavy (non-hydrogen) atoms. The standard InChI is InChI=1S/C19H18Br2FNOS/c20-16-10-14(19(25)23-8-2-1-3-9-23)11-17(21)18(16)24-12-13-4-6-15(22)7-5-13/h4-7,10-11H,1-3,8-9,12H2. The molecule has 0 saturated carbocycles. The number of nitrogens with zero attached hydrogens (tertiary/aromatic N) is 1. The van der Waals surface area contributed by atoms with Crippen LogP contribution in [-0.2, 0) is 6.61 Å². The molecule has 1 aliphatic rings. The highest BCUT2D eigenvalue weighted by molar-refractivity contribution is 9.11. The molecule has 0 unspecified atom stereocenters. The Bertz CT molecular complexity index is 738. The third-order valence-electron chi connectivity index (χ3n) is 4.18. The topological polar surface area (TPSA) is 12.5 Å². The maximum Gasteiger partial charge on any atom is 0.148 e. The molecule has 1 heterocycles. The van der Waals surface area contributed by atoms with Gasteiger partial charge in [0.15, 0.2) is 0 Å². The Kier molecular flexibility index (Phi) is 6.47. The van der Waals surface area contributed by atoms with Gasteiger partial charge in [0, 0.05) is 18.7 Å². The maximum absolute atomic E-state index is 13.0. The number of rotatable bonds is 4. The van der Waals surface area contributed by atoms with Crippen molar-refractivity contribution in [3.8, 4) is 5.75 Å². The molecule has 3 rings (SSSR count). The lowest BCUT2D eigenvalue weighted by molar-refractivity contribution is 0.302. The van der Waals surface area contributed by atoms with Gasteiger partial charge in [0.25, 0.3) is 0 Å². The number of halogens is 3. The molecular formula is C19H18Br2FNOS. The number of benzene rings is 2. The van der Waals surface area contributed by atoms with E-state index in [9.17, 15) is 4.39 Å². The van der Waals surface area contributed by atoms with Gasteiger partial charge >= 0.3 is 0 Å². The zero-order valence-electron chi connectivity index (χ0n) is 13.6. The second kappa shape index (κ2) is 8.60. The van der Waals surface area contributed by atoms with E-state index in [0.717, 1.165) is 43.9 Å². The Hall–Kier alpha value is -0.980. The molecule has 0 amide bonds. The number of hydrogen-bond acceptors (Lipinski definition) is 2. The third kappa shape index (κ3) is 4.80. The van der Waals surface area contributed by atoms with Crippen LogP contribution < -0.4 is 4.74 Å². The van der Waals surface area contributed by atoms with Crippen LogP contribution in [0.3, 0.4) is 0 Å². The number of piperidine rings is 1. The summed E-state index contributed by atoms with van der Waals surface area (Å²) >= 11 is 12.8. The summed E-state index contributed by atoms with van der Waals surface area (Å²) in [7, 11) is 0. The molecule has 1 fully saturated rings. The molecule has 2 aromatic rings. The molecule has 6 heteroatoms. The van der Waals surface area contributed by atoms with E-state index < -0.39 is 0 Å². The highest BCUT2D eigenvalue weighted by Crippen LogP contribution is 2.36. The number of thiocarbonyl (C=S) groups is 1. The van der Waals surface area contributed by atoms with Crippen molar-refractivity contribution in [1.29, 1.82) is 0 Å². The van der Waals surface area contributed by atoms with E-state index >= 15 is 0 Å². The minimum Gasteiger partial charge on any atom is -0.487 e. The summed E-state index contributed by atoms with van der Waals surface area (Å²) in [5, 5.41) is 0. The van der Waals surface area contributed by atoms with Crippen LogP contribution in [0.1, 0.15) is 30.4 Å². The summed E-state index contributed by atoms with van der Waals surface area (Å²) in [5.74, 6) is 0.469. The quantitative estimate of drug-likeness (QED) is 0.485. The summed E-state index contributed by atoms with van der Waals surface area (Å²) < 4.78 is 20.6. The minimum absolute atomic E-state index is 0.248. The minimum atomic E-state index is -0.248. The maximum atomic E-state index is 13.0. The lowest BCUT2D eigenvalue weighted by Crippen LogP contribution is -2.34. The van der Waals surface area contributed by atoms with Crippen LogP contribution in [-0.4, -0.2) is 23.0 Å². The second-order valence-electron chi connectivity index (χ2n) is 6.04. The molecule has 1 saturated heterocycles. The van der Waals surface area contributed by atoms with Crippen LogP contribution in [0.25, 0.3) is 0 Å². The highest BCUT2D eigenvalue weighted by atomic mass is 79.9. The van der Waals surface area contributed by atoms with Crippen molar-refractivity contribution in [3.63, 3.8) is 0 Å². The third-order valence-corrected chi connectivity index (χ3v) is 5.86. The zero-order chi connectivity index (χ0) is 17.8. The van der Waals surface area contributed by atoms with Crippen molar-refractivity contribution in [1.82, 2.24) is 4.90 Å². The first-order valence-corrected chi connectivity index (χ1v) is 10.2. The predicted octanol–water partition coefficient (Wildman–Crippen LogP) is 6.09. The van der Waals surface area contributed by atoms with Crippen LogP contribution >= 0.6 is 44.1 Å². The van der Waals surface area contributed by atoms with Crippen LogP contribution in [0.15, 0.2) is 45.3 Å². The van der Waals surface area contributed by atoms with Gasteiger partial charge in [-0.1, -0.05) is 24.4 Å². The molecule has 0 aliphatic carbocycles. The van der Waals surface area contributed by atoms with Crippen LogP contribution in [0, 0.1) is 5.82 Å². The summed E-state index contributed by atoms with van der Waals surface area (Å²) in [6.07, 6.45) is 3.67. The summed E-state index contributed by atoms with van der Waals surface area (Å²) in [4.78, 5) is 3.15. The lowest BCUT2D eigenvalue weighted by atomic mass is 10.1. The number of ether oxygens (including phenoxy) is 1. The van der Waals surface area contributed by atoms with Gasteiger partial charge in [-0.3, -0.25) is 0 Å². The average molecular weight is 487 g/mol. The fraction of sp³-hybridized carbons (Fsp3) is 0.316. The molecule has 132 valence electrons. The Morgan fingerprint density at radius 1 is 1.04 bits per heavy atom. The van der Waals surface area contributed by atoms with Gasteiger partial charge in [0.05, 0.1) is 8.95 Å². The van der Waals surface area contributed by atoms with Gasteiger partial charge in [-0.15, -0.1) is 0 Å². The Morgan fingerprint density at radius 3 is 2.24 bits per heavy atom. The molecule has 0 atom stereocenters. The largest absolute Gasteiger partial charge is 0.487 e. The monoisotopic (exact) mass is 485 g/mol. The molecule has 0 N–H and O–H groups in total. The van der Waals surface area contributed by atoms with Gasteiger partial charge in [-0.05, 0) is 81.0 Å². The van der Waals surface area contributed by atoms with Gasteiger partial charge in [-0.2, -0.15) is 0 Å². The summed E-state index contributed by atoms with van der Waals surface area (Å²) in [6, 6.07) is 10.3. The Labute approximate surface area is 169 Å². The molecule has 0 radical (unpaired) electrons. The summed E-state index contributed by atoms with van der Waals surface area (Å²) in [6.45, 7) is 2.42. The number of hydrogen-bond donors (Lipinski definition) is 0. The number of likely N-dealkylation sites (tertiary alicyclic amines) is 1. The molecule has 2 nitrogen and oxygen atoms in total. The summed E-state index contributed by atoms with van der Waals surface area (Å²) in [5.41, 5.74) is 1.91.